The fourth-order valence-electron chi connectivity index (χ4n) is 2.53. The normalized spacial score (nSPS) is 15.9. The monoisotopic (exact) mass is 310 g/mol. The summed E-state index contributed by atoms with van der Waals surface area (Å²) in [6.45, 7) is 4.79. The van der Waals surface area contributed by atoms with Crippen LogP contribution in [0.5, 0.6) is 0 Å². The van der Waals surface area contributed by atoms with Gasteiger partial charge >= 0.3 is 0 Å². The minimum absolute atomic E-state index is 0.0586. The molecule has 0 aromatic heterocycles. The van der Waals surface area contributed by atoms with Crippen LogP contribution in [0.15, 0.2) is 29.2 Å². The molecule has 0 aliphatic heterocycles. The summed E-state index contributed by atoms with van der Waals surface area (Å²) >= 11 is 0. The van der Waals surface area contributed by atoms with E-state index in [2.05, 4.69) is 5.32 Å². The lowest BCUT2D eigenvalue weighted by Crippen LogP contribution is -2.36. The van der Waals surface area contributed by atoms with Crippen LogP contribution >= 0.6 is 0 Å². The first kappa shape index (κ1) is 16.5. The van der Waals surface area contributed by atoms with E-state index in [-0.39, 0.29) is 6.04 Å². The van der Waals surface area contributed by atoms with Crippen molar-refractivity contribution in [2.75, 3.05) is 7.05 Å². The third kappa shape index (κ3) is 4.05. The molecule has 4 nitrogen and oxygen atoms in total. The first-order chi connectivity index (χ1) is 9.98. The van der Waals surface area contributed by atoms with Crippen LogP contribution in [0.4, 0.5) is 0 Å². The predicted octanol–water partition coefficient (Wildman–Crippen LogP) is 2.75. The molecule has 1 aliphatic carbocycles. The Bertz CT molecular complexity index is 563. The van der Waals surface area contributed by atoms with Crippen LogP contribution in [0, 0.1) is 0 Å². The molecule has 1 aromatic carbocycles. The number of benzene rings is 1. The van der Waals surface area contributed by atoms with E-state index in [4.69, 9.17) is 0 Å². The summed E-state index contributed by atoms with van der Waals surface area (Å²) in [5.41, 5.74) is 1.03. The molecule has 2 rings (SSSR count). The molecular weight excluding hydrogens is 284 g/mol. The van der Waals surface area contributed by atoms with Crippen LogP contribution in [-0.2, 0) is 16.6 Å². The molecule has 0 amide bonds. The smallest absolute Gasteiger partial charge is 0.243 e. The van der Waals surface area contributed by atoms with Crippen LogP contribution in [0.3, 0.4) is 0 Å². The number of rotatable bonds is 8. The lowest BCUT2D eigenvalue weighted by molar-refractivity contribution is 0.349. The first-order valence-electron chi connectivity index (χ1n) is 7.79. The number of hydrogen-bond donors (Lipinski definition) is 1. The molecule has 0 unspecified atom stereocenters. The summed E-state index contributed by atoms with van der Waals surface area (Å²) < 4.78 is 26.9. The van der Waals surface area contributed by atoms with Crippen molar-refractivity contribution in [3.8, 4) is 0 Å². The molecule has 118 valence electrons. The average Bonchev–Trinajstić information content (AvgIpc) is 3.31. The van der Waals surface area contributed by atoms with E-state index >= 15 is 0 Å². The van der Waals surface area contributed by atoms with Gasteiger partial charge in [0.2, 0.25) is 10.0 Å². The van der Waals surface area contributed by atoms with Gasteiger partial charge in [-0.05, 0) is 43.4 Å². The number of nitrogens with zero attached hydrogens (tertiary/aromatic N) is 1. The van der Waals surface area contributed by atoms with Gasteiger partial charge in [0.25, 0.3) is 0 Å². The number of nitrogens with one attached hydrogen (secondary N) is 1. The molecule has 0 heterocycles. The molecular formula is C16H26N2O2S. The quantitative estimate of drug-likeness (QED) is 0.803. The van der Waals surface area contributed by atoms with E-state index in [1.165, 1.54) is 17.1 Å². The highest BCUT2D eigenvalue weighted by atomic mass is 32.2. The van der Waals surface area contributed by atoms with Gasteiger partial charge in [-0.3, -0.25) is 0 Å². The van der Waals surface area contributed by atoms with E-state index in [9.17, 15) is 8.42 Å². The Morgan fingerprint density at radius 1 is 1.29 bits per heavy atom. The van der Waals surface area contributed by atoms with E-state index in [0.29, 0.717) is 10.9 Å². The van der Waals surface area contributed by atoms with E-state index in [0.717, 1.165) is 24.9 Å². The van der Waals surface area contributed by atoms with Gasteiger partial charge in [-0.25, -0.2) is 8.42 Å². The highest BCUT2D eigenvalue weighted by molar-refractivity contribution is 7.89. The number of hydrogen-bond acceptors (Lipinski definition) is 3. The fraction of sp³-hybridized carbons (Fsp3) is 0.625. The maximum atomic E-state index is 12.7. The van der Waals surface area contributed by atoms with Crippen LogP contribution in [0.1, 0.15) is 45.1 Å². The molecule has 1 saturated carbocycles. The third-order valence-corrected chi connectivity index (χ3v) is 6.11. The van der Waals surface area contributed by atoms with Crippen LogP contribution < -0.4 is 5.32 Å². The third-order valence-electron chi connectivity index (χ3n) is 4.20. The van der Waals surface area contributed by atoms with Crippen molar-refractivity contribution in [1.29, 1.82) is 0 Å². The van der Waals surface area contributed by atoms with E-state index in [1.54, 1.807) is 19.2 Å². The lowest BCUT2D eigenvalue weighted by atomic mass is 10.2. The summed E-state index contributed by atoms with van der Waals surface area (Å²) in [7, 11) is -1.72. The van der Waals surface area contributed by atoms with Crippen molar-refractivity contribution >= 4 is 10.0 Å². The molecule has 21 heavy (non-hydrogen) atoms. The second kappa shape index (κ2) is 6.90. The Hall–Kier alpha value is -0.910. The standard InChI is InChI=1S/C16H26N2O2S/c1-4-15(5-2)18(3)21(19,20)16-8-6-7-13(11-16)12-17-14-9-10-14/h6-8,11,14-15,17H,4-5,9-10,12H2,1-3H3. The Kier molecular flexibility index (Phi) is 5.41. The van der Waals surface area contributed by atoms with Crippen molar-refractivity contribution < 1.29 is 8.42 Å². The van der Waals surface area contributed by atoms with Gasteiger partial charge in [0.05, 0.1) is 4.90 Å². The molecule has 5 heteroatoms. The molecule has 1 fully saturated rings. The van der Waals surface area contributed by atoms with E-state index < -0.39 is 10.0 Å². The van der Waals surface area contributed by atoms with Crippen molar-refractivity contribution in [1.82, 2.24) is 9.62 Å². The van der Waals surface area contributed by atoms with Crippen molar-refractivity contribution in [2.45, 2.75) is 63.1 Å². The summed E-state index contributed by atoms with van der Waals surface area (Å²) in [6.07, 6.45) is 4.12. The summed E-state index contributed by atoms with van der Waals surface area (Å²) in [5.74, 6) is 0. The zero-order valence-electron chi connectivity index (χ0n) is 13.2. The molecule has 1 aliphatic rings. The van der Waals surface area contributed by atoms with Gasteiger partial charge in [0.15, 0.2) is 0 Å². The Balaban J connectivity index is 2.16. The Morgan fingerprint density at radius 2 is 1.95 bits per heavy atom. The Morgan fingerprint density at radius 3 is 2.52 bits per heavy atom. The van der Waals surface area contributed by atoms with Crippen molar-refractivity contribution in [2.24, 2.45) is 0 Å². The lowest BCUT2D eigenvalue weighted by Gasteiger charge is -2.25. The fourth-order valence-corrected chi connectivity index (χ4v) is 4.10. The van der Waals surface area contributed by atoms with Crippen molar-refractivity contribution in [3.05, 3.63) is 29.8 Å². The maximum Gasteiger partial charge on any atom is 0.243 e. The largest absolute Gasteiger partial charge is 0.310 e. The summed E-state index contributed by atoms with van der Waals surface area (Å²) in [6, 6.07) is 7.97. The van der Waals surface area contributed by atoms with Crippen LogP contribution in [0.25, 0.3) is 0 Å². The minimum atomic E-state index is -3.40. The maximum absolute atomic E-state index is 12.7. The molecule has 0 radical (unpaired) electrons. The van der Waals surface area contributed by atoms with Gasteiger partial charge in [0, 0.05) is 25.7 Å². The second-order valence-corrected chi connectivity index (χ2v) is 7.79. The topological polar surface area (TPSA) is 49.4 Å². The number of sulfonamides is 1. The van der Waals surface area contributed by atoms with Gasteiger partial charge in [-0.2, -0.15) is 4.31 Å². The van der Waals surface area contributed by atoms with Gasteiger partial charge < -0.3 is 5.32 Å². The molecule has 1 aromatic rings. The van der Waals surface area contributed by atoms with Crippen LogP contribution in [-0.4, -0.2) is 31.9 Å². The Labute approximate surface area is 128 Å². The molecule has 0 spiro atoms. The van der Waals surface area contributed by atoms with Gasteiger partial charge in [-0.1, -0.05) is 26.0 Å². The van der Waals surface area contributed by atoms with Crippen molar-refractivity contribution in [3.63, 3.8) is 0 Å². The van der Waals surface area contributed by atoms with Gasteiger partial charge in [0.1, 0.15) is 0 Å². The van der Waals surface area contributed by atoms with Crippen LogP contribution in [0.2, 0.25) is 0 Å². The SMILES string of the molecule is CCC(CC)N(C)S(=O)(=O)c1cccc(CNC2CC2)c1. The first-order valence-corrected chi connectivity index (χ1v) is 9.23. The predicted molar refractivity (Wildman–Crippen MR) is 85.6 cm³/mol. The average molecular weight is 310 g/mol. The molecule has 1 N–H and O–H groups in total. The molecule has 0 atom stereocenters. The highest BCUT2D eigenvalue weighted by Gasteiger charge is 2.26. The summed E-state index contributed by atoms with van der Waals surface area (Å²) in [4.78, 5) is 0.395. The highest BCUT2D eigenvalue weighted by Crippen LogP contribution is 2.22. The van der Waals surface area contributed by atoms with E-state index in [1.807, 2.05) is 26.0 Å². The molecule has 0 saturated heterocycles. The van der Waals surface area contributed by atoms with Gasteiger partial charge in [-0.15, -0.1) is 0 Å². The zero-order valence-corrected chi connectivity index (χ0v) is 14.0. The minimum Gasteiger partial charge on any atom is -0.310 e. The molecule has 0 bridgehead atoms. The second-order valence-electron chi connectivity index (χ2n) is 5.79. The zero-order chi connectivity index (χ0) is 15.5. The summed E-state index contributed by atoms with van der Waals surface area (Å²) in [5, 5.41) is 3.42.